The third kappa shape index (κ3) is 2.40. The molecular formula is C16H23N3O. The van der Waals surface area contributed by atoms with E-state index in [1.165, 1.54) is 19.4 Å². The summed E-state index contributed by atoms with van der Waals surface area (Å²) < 4.78 is 0. The summed E-state index contributed by atoms with van der Waals surface area (Å²) in [5.41, 5.74) is 8.35. The van der Waals surface area contributed by atoms with Crippen LogP contribution in [-0.2, 0) is 0 Å². The molecule has 2 aliphatic rings. The summed E-state index contributed by atoms with van der Waals surface area (Å²) in [6.07, 6.45) is 3.54. The minimum Gasteiger partial charge on any atom is -0.398 e. The molecule has 4 nitrogen and oxygen atoms in total. The van der Waals surface area contributed by atoms with Crippen LogP contribution in [0.1, 0.15) is 35.2 Å². The van der Waals surface area contributed by atoms with E-state index in [4.69, 9.17) is 5.73 Å². The van der Waals surface area contributed by atoms with Crippen molar-refractivity contribution in [3.63, 3.8) is 0 Å². The molecule has 2 fully saturated rings. The van der Waals surface area contributed by atoms with E-state index in [-0.39, 0.29) is 5.91 Å². The second kappa shape index (κ2) is 5.44. The molecule has 108 valence electrons. The number of benzene rings is 1. The molecule has 4 heteroatoms. The van der Waals surface area contributed by atoms with Gasteiger partial charge in [0.25, 0.3) is 5.91 Å². The first-order valence-corrected chi connectivity index (χ1v) is 7.55. The predicted octanol–water partition coefficient (Wildman–Crippen LogP) is 1.89. The Bertz CT molecular complexity index is 514. The van der Waals surface area contributed by atoms with Crippen molar-refractivity contribution in [2.75, 3.05) is 31.9 Å². The SMILES string of the molecule is Cc1cccc(C(=O)N2CCCN3CCCC3C2)c1N. The molecule has 0 spiro atoms. The Labute approximate surface area is 120 Å². The molecule has 0 bridgehead atoms. The predicted molar refractivity (Wildman–Crippen MR) is 80.7 cm³/mol. The number of hydrogen-bond acceptors (Lipinski definition) is 3. The molecule has 3 rings (SSSR count). The molecule has 20 heavy (non-hydrogen) atoms. The number of amides is 1. The first kappa shape index (κ1) is 13.4. The van der Waals surface area contributed by atoms with E-state index in [9.17, 15) is 4.79 Å². The number of carbonyl (C=O) groups excluding carboxylic acids is 1. The van der Waals surface area contributed by atoms with Crippen LogP contribution >= 0.6 is 0 Å². The third-order valence-electron chi connectivity index (χ3n) is 4.65. The number of nitrogens with zero attached hydrogens (tertiary/aromatic N) is 2. The average molecular weight is 273 g/mol. The summed E-state index contributed by atoms with van der Waals surface area (Å²) in [7, 11) is 0. The molecule has 1 aromatic rings. The van der Waals surface area contributed by atoms with E-state index in [0.717, 1.165) is 31.6 Å². The van der Waals surface area contributed by atoms with E-state index in [1.807, 2.05) is 30.0 Å². The summed E-state index contributed by atoms with van der Waals surface area (Å²) in [6.45, 7) is 5.97. The van der Waals surface area contributed by atoms with E-state index in [1.54, 1.807) is 0 Å². The van der Waals surface area contributed by atoms with Crippen LogP contribution in [-0.4, -0.2) is 47.9 Å². The first-order valence-electron chi connectivity index (χ1n) is 7.55. The quantitative estimate of drug-likeness (QED) is 0.795. The first-order chi connectivity index (χ1) is 9.66. The van der Waals surface area contributed by atoms with Gasteiger partial charge in [-0.1, -0.05) is 12.1 Å². The fraction of sp³-hybridized carbons (Fsp3) is 0.562. The van der Waals surface area contributed by atoms with Gasteiger partial charge in [-0.25, -0.2) is 0 Å². The van der Waals surface area contributed by atoms with Crippen LogP contribution in [0.3, 0.4) is 0 Å². The van der Waals surface area contributed by atoms with Gasteiger partial charge in [-0.3, -0.25) is 9.69 Å². The minimum atomic E-state index is 0.0972. The molecule has 1 atom stereocenters. The van der Waals surface area contributed by atoms with Crippen molar-refractivity contribution in [1.82, 2.24) is 9.80 Å². The smallest absolute Gasteiger partial charge is 0.256 e. The number of hydrogen-bond donors (Lipinski definition) is 1. The molecule has 1 amide bonds. The highest BCUT2D eigenvalue weighted by molar-refractivity contribution is 5.99. The molecule has 0 saturated carbocycles. The van der Waals surface area contributed by atoms with Gasteiger partial charge in [0.1, 0.15) is 0 Å². The standard InChI is InChI=1S/C16H23N3O/c1-12-5-2-7-14(15(12)17)16(20)19-10-4-9-18-8-3-6-13(18)11-19/h2,5,7,13H,3-4,6,8-11,17H2,1H3. The van der Waals surface area contributed by atoms with Gasteiger partial charge in [-0.15, -0.1) is 0 Å². The van der Waals surface area contributed by atoms with Gasteiger partial charge in [-0.05, 0) is 44.4 Å². The lowest BCUT2D eigenvalue weighted by Crippen LogP contribution is -2.39. The molecule has 0 radical (unpaired) electrons. The number of para-hydroxylation sites is 1. The normalized spacial score (nSPS) is 23.4. The maximum Gasteiger partial charge on any atom is 0.256 e. The van der Waals surface area contributed by atoms with Gasteiger partial charge in [0.15, 0.2) is 0 Å². The summed E-state index contributed by atoms with van der Waals surface area (Å²) in [5.74, 6) is 0.0972. The van der Waals surface area contributed by atoms with Crippen molar-refractivity contribution in [2.24, 2.45) is 0 Å². The van der Waals surface area contributed by atoms with Gasteiger partial charge < -0.3 is 10.6 Å². The van der Waals surface area contributed by atoms with E-state index < -0.39 is 0 Å². The Morgan fingerprint density at radius 2 is 2.05 bits per heavy atom. The molecule has 2 saturated heterocycles. The molecule has 0 aliphatic carbocycles. The van der Waals surface area contributed by atoms with E-state index >= 15 is 0 Å². The van der Waals surface area contributed by atoms with Crippen LogP contribution in [0.5, 0.6) is 0 Å². The average Bonchev–Trinajstić information content (AvgIpc) is 2.78. The van der Waals surface area contributed by atoms with Crippen LogP contribution in [0.15, 0.2) is 18.2 Å². The number of aryl methyl sites for hydroxylation is 1. The third-order valence-corrected chi connectivity index (χ3v) is 4.65. The molecule has 2 aliphatic heterocycles. The largest absolute Gasteiger partial charge is 0.398 e. The van der Waals surface area contributed by atoms with Gasteiger partial charge in [0.2, 0.25) is 0 Å². The highest BCUT2D eigenvalue weighted by Gasteiger charge is 2.31. The Balaban J connectivity index is 1.81. The van der Waals surface area contributed by atoms with E-state index in [0.29, 0.717) is 17.3 Å². The molecule has 1 unspecified atom stereocenters. The number of nitrogen functional groups attached to an aromatic ring is 1. The van der Waals surface area contributed by atoms with Gasteiger partial charge >= 0.3 is 0 Å². The van der Waals surface area contributed by atoms with Crippen molar-refractivity contribution >= 4 is 11.6 Å². The Kier molecular flexibility index (Phi) is 3.66. The summed E-state index contributed by atoms with van der Waals surface area (Å²) in [5, 5.41) is 0. The van der Waals surface area contributed by atoms with Crippen LogP contribution in [0, 0.1) is 6.92 Å². The lowest BCUT2D eigenvalue weighted by Gasteiger charge is -2.26. The molecular weight excluding hydrogens is 250 g/mol. The second-order valence-electron chi connectivity index (χ2n) is 5.97. The fourth-order valence-electron chi connectivity index (χ4n) is 3.43. The Hall–Kier alpha value is -1.55. The molecule has 1 aromatic carbocycles. The summed E-state index contributed by atoms with van der Waals surface area (Å²) in [4.78, 5) is 17.3. The number of anilines is 1. The van der Waals surface area contributed by atoms with Gasteiger partial charge in [-0.2, -0.15) is 0 Å². The molecule has 2 heterocycles. The Morgan fingerprint density at radius 1 is 1.25 bits per heavy atom. The van der Waals surface area contributed by atoms with Gasteiger partial charge in [0, 0.05) is 31.4 Å². The zero-order valence-corrected chi connectivity index (χ0v) is 12.1. The Morgan fingerprint density at radius 3 is 2.90 bits per heavy atom. The minimum absolute atomic E-state index is 0.0972. The molecule has 0 aromatic heterocycles. The van der Waals surface area contributed by atoms with E-state index in [2.05, 4.69) is 4.90 Å². The number of carbonyl (C=O) groups is 1. The van der Waals surface area contributed by atoms with Crippen LogP contribution < -0.4 is 5.73 Å². The second-order valence-corrected chi connectivity index (χ2v) is 5.97. The lowest BCUT2D eigenvalue weighted by molar-refractivity contribution is 0.0744. The van der Waals surface area contributed by atoms with Crippen molar-refractivity contribution in [3.8, 4) is 0 Å². The maximum absolute atomic E-state index is 12.7. The zero-order valence-electron chi connectivity index (χ0n) is 12.1. The van der Waals surface area contributed by atoms with Crippen molar-refractivity contribution in [3.05, 3.63) is 29.3 Å². The number of nitrogens with two attached hydrogens (primary N) is 1. The van der Waals surface area contributed by atoms with Crippen molar-refractivity contribution in [1.29, 1.82) is 0 Å². The van der Waals surface area contributed by atoms with Crippen LogP contribution in [0.25, 0.3) is 0 Å². The summed E-state index contributed by atoms with van der Waals surface area (Å²) >= 11 is 0. The number of rotatable bonds is 1. The summed E-state index contributed by atoms with van der Waals surface area (Å²) in [6, 6.07) is 6.26. The van der Waals surface area contributed by atoms with Crippen LogP contribution in [0.4, 0.5) is 5.69 Å². The number of fused-ring (bicyclic) bond motifs is 1. The van der Waals surface area contributed by atoms with Crippen molar-refractivity contribution in [2.45, 2.75) is 32.2 Å². The maximum atomic E-state index is 12.7. The van der Waals surface area contributed by atoms with Gasteiger partial charge in [0.05, 0.1) is 5.56 Å². The fourth-order valence-corrected chi connectivity index (χ4v) is 3.43. The lowest BCUT2D eigenvalue weighted by atomic mass is 10.1. The monoisotopic (exact) mass is 273 g/mol. The highest BCUT2D eigenvalue weighted by Crippen LogP contribution is 2.24. The van der Waals surface area contributed by atoms with Crippen molar-refractivity contribution < 1.29 is 4.79 Å². The topological polar surface area (TPSA) is 49.6 Å². The molecule has 2 N–H and O–H groups in total. The highest BCUT2D eigenvalue weighted by atomic mass is 16.2. The zero-order chi connectivity index (χ0) is 14.1. The van der Waals surface area contributed by atoms with Crippen LogP contribution in [0.2, 0.25) is 0 Å².